The summed E-state index contributed by atoms with van der Waals surface area (Å²) >= 11 is 0. The van der Waals surface area contributed by atoms with Gasteiger partial charge in [-0.3, -0.25) is 4.79 Å². The van der Waals surface area contributed by atoms with Crippen LogP contribution in [0.3, 0.4) is 0 Å². The Labute approximate surface area is 114 Å². The van der Waals surface area contributed by atoms with E-state index in [1.165, 1.54) is 0 Å². The molecular formula is C16H22O3. The average molecular weight is 262 g/mol. The number of Topliss-reactive ketones (excluding diaryl/α,β-unsaturated/α-hetero) is 1. The minimum atomic E-state index is -0.259. The summed E-state index contributed by atoms with van der Waals surface area (Å²) in [5, 5.41) is 0. The molecule has 0 saturated heterocycles. The number of carbonyl (C=O) groups excluding carboxylic acids is 1. The summed E-state index contributed by atoms with van der Waals surface area (Å²) < 4.78 is 11.2. The molecule has 0 aliphatic carbocycles. The molecule has 1 aliphatic heterocycles. The van der Waals surface area contributed by atoms with Gasteiger partial charge in [0.1, 0.15) is 5.78 Å². The van der Waals surface area contributed by atoms with E-state index in [1.807, 2.05) is 39.0 Å². The topological polar surface area (TPSA) is 35.5 Å². The van der Waals surface area contributed by atoms with E-state index < -0.39 is 0 Å². The van der Waals surface area contributed by atoms with Crippen molar-refractivity contribution < 1.29 is 14.3 Å². The Bertz CT molecular complexity index is 458. The van der Waals surface area contributed by atoms with Gasteiger partial charge in [0.15, 0.2) is 11.5 Å². The van der Waals surface area contributed by atoms with Crippen molar-refractivity contribution in [1.82, 2.24) is 0 Å². The van der Waals surface area contributed by atoms with Crippen LogP contribution in [0.2, 0.25) is 0 Å². The molecule has 1 aromatic rings. The molecule has 0 aromatic heterocycles. The maximum absolute atomic E-state index is 11.9. The Morgan fingerprint density at radius 2 is 1.84 bits per heavy atom. The number of benzene rings is 1. The van der Waals surface area contributed by atoms with Crippen molar-refractivity contribution in [2.75, 3.05) is 13.2 Å². The summed E-state index contributed by atoms with van der Waals surface area (Å²) in [6, 6.07) is 5.96. The molecule has 104 valence electrons. The third kappa shape index (κ3) is 3.72. The van der Waals surface area contributed by atoms with Crippen LogP contribution in [0.25, 0.3) is 0 Å². The average Bonchev–Trinajstić information content (AvgIpc) is 2.59. The van der Waals surface area contributed by atoms with Gasteiger partial charge in [-0.25, -0.2) is 0 Å². The van der Waals surface area contributed by atoms with E-state index in [0.29, 0.717) is 25.4 Å². The van der Waals surface area contributed by atoms with E-state index >= 15 is 0 Å². The summed E-state index contributed by atoms with van der Waals surface area (Å²) in [6.07, 6.45) is 2.24. The van der Waals surface area contributed by atoms with Crippen molar-refractivity contribution in [3.63, 3.8) is 0 Å². The number of fused-ring (bicyclic) bond motifs is 1. The van der Waals surface area contributed by atoms with Crippen molar-refractivity contribution in [3.05, 3.63) is 23.8 Å². The Balaban J connectivity index is 2.02. The molecule has 0 atom stereocenters. The highest BCUT2D eigenvalue weighted by atomic mass is 16.5. The number of rotatable bonds is 3. The van der Waals surface area contributed by atoms with Gasteiger partial charge < -0.3 is 9.47 Å². The Kier molecular flexibility index (Phi) is 4.13. The fourth-order valence-electron chi connectivity index (χ4n) is 2.00. The van der Waals surface area contributed by atoms with Gasteiger partial charge in [0.05, 0.1) is 13.2 Å². The molecule has 0 saturated carbocycles. The fraction of sp³-hybridized carbons (Fsp3) is 0.562. The zero-order valence-electron chi connectivity index (χ0n) is 12.0. The molecule has 0 amide bonds. The summed E-state index contributed by atoms with van der Waals surface area (Å²) in [5.74, 6) is 1.90. The van der Waals surface area contributed by atoms with Gasteiger partial charge in [-0.2, -0.15) is 0 Å². The van der Waals surface area contributed by atoms with Crippen LogP contribution in [-0.2, 0) is 11.2 Å². The second-order valence-electron chi connectivity index (χ2n) is 6.00. The van der Waals surface area contributed by atoms with Crippen molar-refractivity contribution in [2.24, 2.45) is 5.41 Å². The SMILES string of the molecule is CC(C)(C)C(=O)CCc1ccc2c(c1)OCCCO2. The predicted octanol–water partition coefficient (Wildman–Crippen LogP) is 3.40. The summed E-state index contributed by atoms with van der Waals surface area (Å²) in [6.45, 7) is 7.28. The molecule has 3 nitrogen and oxygen atoms in total. The molecule has 1 aliphatic rings. The van der Waals surface area contributed by atoms with Crippen LogP contribution in [0, 0.1) is 5.41 Å². The van der Waals surface area contributed by atoms with E-state index in [4.69, 9.17) is 9.47 Å². The number of carbonyl (C=O) groups is 1. The lowest BCUT2D eigenvalue weighted by atomic mass is 9.87. The maximum Gasteiger partial charge on any atom is 0.161 e. The first-order valence-electron chi connectivity index (χ1n) is 6.88. The smallest absolute Gasteiger partial charge is 0.161 e. The third-order valence-electron chi connectivity index (χ3n) is 3.29. The van der Waals surface area contributed by atoms with E-state index in [0.717, 1.165) is 29.9 Å². The van der Waals surface area contributed by atoms with Gasteiger partial charge in [0.2, 0.25) is 0 Å². The van der Waals surface area contributed by atoms with Crippen molar-refractivity contribution in [1.29, 1.82) is 0 Å². The van der Waals surface area contributed by atoms with Crippen molar-refractivity contribution >= 4 is 5.78 Å². The highest BCUT2D eigenvalue weighted by Gasteiger charge is 2.20. The van der Waals surface area contributed by atoms with Crippen molar-refractivity contribution in [3.8, 4) is 11.5 Å². The van der Waals surface area contributed by atoms with Crippen LogP contribution in [-0.4, -0.2) is 19.0 Å². The molecule has 2 rings (SSSR count). The predicted molar refractivity (Wildman–Crippen MR) is 74.8 cm³/mol. The molecule has 1 heterocycles. The highest BCUT2D eigenvalue weighted by molar-refractivity contribution is 5.83. The molecule has 19 heavy (non-hydrogen) atoms. The van der Waals surface area contributed by atoms with Crippen molar-refractivity contribution in [2.45, 2.75) is 40.0 Å². The Morgan fingerprint density at radius 1 is 1.16 bits per heavy atom. The first-order valence-corrected chi connectivity index (χ1v) is 6.88. The minimum absolute atomic E-state index is 0.259. The van der Waals surface area contributed by atoms with Crippen LogP contribution >= 0.6 is 0 Å². The second-order valence-corrected chi connectivity index (χ2v) is 6.00. The maximum atomic E-state index is 11.9. The number of ketones is 1. The van der Waals surface area contributed by atoms with Crippen LogP contribution in [0.1, 0.15) is 39.2 Å². The lowest BCUT2D eigenvalue weighted by molar-refractivity contribution is -0.126. The lowest BCUT2D eigenvalue weighted by Crippen LogP contribution is -2.20. The normalized spacial score (nSPS) is 14.9. The second kappa shape index (κ2) is 5.64. The molecule has 0 unspecified atom stereocenters. The molecule has 1 aromatic carbocycles. The van der Waals surface area contributed by atoms with Crippen LogP contribution in [0.5, 0.6) is 11.5 Å². The first kappa shape index (κ1) is 13.9. The van der Waals surface area contributed by atoms with E-state index in [1.54, 1.807) is 0 Å². The Morgan fingerprint density at radius 3 is 2.53 bits per heavy atom. The largest absolute Gasteiger partial charge is 0.490 e. The molecule has 0 bridgehead atoms. The van der Waals surface area contributed by atoms with Gasteiger partial charge in [-0.05, 0) is 24.1 Å². The molecular weight excluding hydrogens is 240 g/mol. The number of ether oxygens (including phenoxy) is 2. The Hall–Kier alpha value is -1.51. The molecule has 0 fully saturated rings. The lowest BCUT2D eigenvalue weighted by Gasteiger charge is -2.16. The minimum Gasteiger partial charge on any atom is -0.490 e. The van der Waals surface area contributed by atoms with Gasteiger partial charge in [-0.1, -0.05) is 26.8 Å². The molecule has 0 spiro atoms. The fourth-order valence-corrected chi connectivity index (χ4v) is 2.00. The summed E-state index contributed by atoms with van der Waals surface area (Å²) in [5.41, 5.74) is 0.868. The zero-order chi connectivity index (χ0) is 13.9. The highest BCUT2D eigenvalue weighted by Crippen LogP contribution is 2.31. The molecule has 3 heteroatoms. The number of aryl methyl sites for hydroxylation is 1. The van der Waals surface area contributed by atoms with E-state index in [9.17, 15) is 4.79 Å². The van der Waals surface area contributed by atoms with Crippen LogP contribution in [0.15, 0.2) is 18.2 Å². The monoisotopic (exact) mass is 262 g/mol. The number of hydrogen-bond donors (Lipinski definition) is 0. The summed E-state index contributed by atoms with van der Waals surface area (Å²) in [4.78, 5) is 11.9. The van der Waals surface area contributed by atoms with Crippen LogP contribution in [0.4, 0.5) is 0 Å². The number of hydrogen-bond acceptors (Lipinski definition) is 3. The standard InChI is InChI=1S/C16H22O3/c1-16(2,3)15(17)8-6-12-5-7-13-14(11-12)19-10-4-9-18-13/h5,7,11H,4,6,8-10H2,1-3H3. The quantitative estimate of drug-likeness (QED) is 0.837. The molecule has 0 N–H and O–H groups in total. The first-order chi connectivity index (χ1) is 8.97. The van der Waals surface area contributed by atoms with Gasteiger partial charge in [0.25, 0.3) is 0 Å². The zero-order valence-corrected chi connectivity index (χ0v) is 12.0. The van der Waals surface area contributed by atoms with Gasteiger partial charge in [0, 0.05) is 18.3 Å². The van der Waals surface area contributed by atoms with E-state index in [2.05, 4.69) is 0 Å². The van der Waals surface area contributed by atoms with Crippen LogP contribution < -0.4 is 9.47 Å². The summed E-state index contributed by atoms with van der Waals surface area (Å²) in [7, 11) is 0. The molecule has 0 radical (unpaired) electrons. The van der Waals surface area contributed by atoms with E-state index in [-0.39, 0.29) is 5.41 Å². The third-order valence-corrected chi connectivity index (χ3v) is 3.29. The van der Waals surface area contributed by atoms with Gasteiger partial charge in [-0.15, -0.1) is 0 Å². The van der Waals surface area contributed by atoms with Gasteiger partial charge >= 0.3 is 0 Å².